The summed E-state index contributed by atoms with van der Waals surface area (Å²) in [5.41, 5.74) is 0.388. The topological polar surface area (TPSA) is 36.9 Å². The minimum absolute atomic E-state index is 0. The fourth-order valence-electron chi connectivity index (χ4n) is 3.59. The van der Waals surface area contributed by atoms with Crippen LogP contribution in [0.25, 0.3) is 0 Å². The number of likely N-dealkylation sites (tertiary alicyclic amines) is 1. The molecule has 1 N–H and O–H groups in total. The van der Waals surface area contributed by atoms with Gasteiger partial charge in [-0.15, -0.1) is 35.3 Å². The third kappa shape index (κ3) is 5.08. The smallest absolute Gasteiger partial charge is 0.193 e. The molecule has 0 saturated carbocycles. The first-order valence-corrected chi connectivity index (χ1v) is 9.72. The van der Waals surface area contributed by atoms with E-state index in [1.165, 1.54) is 17.7 Å². The van der Waals surface area contributed by atoms with E-state index in [2.05, 4.69) is 41.6 Å². The van der Waals surface area contributed by atoms with E-state index in [0.717, 1.165) is 51.8 Å². The van der Waals surface area contributed by atoms with Crippen molar-refractivity contribution in [2.45, 2.75) is 33.1 Å². The zero-order valence-corrected chi connectivity index (χ0v) is 17.9. The molecule has 2 aliphatic heterocycles. The first kappa shape index (κ1) is 20.0. The van der Waals surface area contributed by atoms with E-state index in [4.69, 9.17) is 9.73 Å². The highest BCUT2D eigenvalue weighted by Gasteiger charge is 2.42. The number of hydrogen-bond acceptors (Lipinski definition) is 3. The molecule has 0 radical (unpaired) electrons. The molecule has 0 aromatic carbocycles. The van der Waals surface area contributed by atoms with Gasteiger partial charge in [0.2, 0.25) is 0 Å². The Labute approximate surface area is 167 Å². The van der Waals surface area contributed by atoms with Gasteiger partial charge in [-0.25, -0.2) is 0 Å². The molecule has 1 spiro atoms. The van der Waals surface area contributed by atoms with E-state index in [0.29, 0.717) is 11.3 Å². The number of aliphatic imine (C=N–C) groups is 1. The molecule has 2 aliphatic rings. The fraction of sp³-hybridized carbons (Fsp3) is 0.722. The predicted molar refractivity (Wildman–Crippen MR) is 113 cm³/mol. The fourth-order valence-corrected chi connectivity index (χ4v) is 4.46. The third-order valence-corrected chi connectivity index (χ3v) is 5.84. The summed E-state index contributed by atoms with van der Waals surface area (Å²) < 4.78 is 5.64. The third-order valence-electron chi connectivity index (χ3n) is 4.94. The molecule has 24 heavy (non-hydrogen) atoms. The predicted octanol–water partition coefficient (Wildman–Crippen LogP) is 3.62. The van der Waals surface area contributed by atoms with Crippen LogP contribution in [0.3, 0.4) is 0 Å². The number of ether oxygens (including phenoxy) is 1. The van der Waals surface area contributed by atoms with Gasteiger partial charge in [-0.1, -0.05) is 13.0 Å². The molecule has 3 heterocycles. The van der Waals surface area contributed by atoms with Crippen LogP contribution in [-0.4, -0.2) is 50.3 Å². The Morgan fingerprint density at radius 3 is 3.04 bits per heavy atom. The van der Waals surface area contributed by atoms with Crippen LogP contribution in [0.15, 0.2) is 22.5 Å². The van der Waals surface area contributed by atoms with Gasteiger partial charge in [-0.05, 0) is 43.6 Å². The van der Waals surface area contributed by atoms with Crippen LogP contribution in [0.4, 0.5) is 0 Å². The van der Waals surface area contributed by atoms with Gasteiger partial charge in [-0.2, -0.15) is 0 Å². The monoisotopic (exact) mass is 463 g/mol. The van der Waals surface area contributed by atoms with E-state index >= 15 is 0 Å². The average Bonchev–Trinajstić information content (AvgIpc) is 3.28. The summed E-state index contributed by atoms with van der Waals surface area (Å²) in [5.74, 6) is 1.67. The highest BCUT2D eigenvalue weighted by molar-refractivity contribution is 14.0. The molecule has 2 saturated heterocycles. The number of halogens is 1. The zero-order valence-electron chi connectivity index (χ0n) is 14.8. The van der Waals surface area contributed by atoms with Crippen molar-refractivity contribution in [1.29, 1.82) is 0 Å². The van der Waals surface area contributed by atoms with E-state index in [-0.39, 0.29) is 24.0 Å². The molecule has 1 aromatic heterocycles. The highest BCUT2D eigenvalue weighted by Crippen LogP contribution is 2.38. The Balaban J connectivity index is 0.00000208. The standard InChI is InChI=1S/C18H29N3OS.HI/c1-3-19-17(20-12-15(2)11-16-5-4-10-23-16)21-8-6-18(13-21)7-9-22-14-18;/h4-5,10,15H,3,6-9,11-14H2,1-2H3,(H,19,20);1H. The number of nitrogens with zero attached hydrogens (tertiary/aromatic N) is 2. The van der Waals surface area contributed by atoms with Crippen LogP contribution in [0, 0.1) is 11.3 Å². The molecule has 2 unspecified atom stereocenters. The van der Waals surface area contributed by atoms with Crippen LogP contribution in [0.5, 0.6) is 0 Å². The number of hydrogen-bond donors (Lipinski definition) is 1. The van der Waals surface area contributed by atoms with Crippen molar-refractivity contribution < 1.29 is 4.74 Å². The number of guanidine groups is 1. The first-order chi connectivity index (χ1) is 11.2. The van der Waals surface area contributed by atoms with E-state index in [9.17, 15) is 0 Å². The van der Waals surface area contributed by atoms with E-state index in [1.807, 2.05) is 11.3 Å². The molecular formula is C18H30IN3OS. The normalized spacial score (nSPS) is 25.1. The molecule has 0 bridgehead atoms. The molecule has 4 nitrogen and oxygen atoms in total. The second-order valence-electron chi connectivity index (χ2n) is 7.06. The minimum Gasteiger partial charge on any atom is -0.381 e. The van der Waals surface area contributed by atoms with Crippen molar-refractivity contribution in [2.24, 2.45) is 16.3 Å². The lowest BCUT2D eigenvalue weighted by atomic mass is 9.87. The quantitative estimate of drug-likeness (QED) is 0.412. The Bertz CT molecular complexity index is 514. The van der Waals surface area contributed by atoms with Crippen molar-refractivity contribution in [3.63, 3.8) is 0 Å². The van der Waals surface area contributed by atoms with Crippen molar-refractivity contribution in [3.8, 4) is 0 Å². The van der Waals surface area contributed by atoms with Crippen LogP contribution in [-0.2, 0) is 11.2 Å². The van der Waals surface area contributed by atoms with Crippen molar-refractivity contribution >= 4 is 41.3 Å². The molecule has 136 valence electrons. The second-order valence-corrected chi connectivity index (χ2v) is 8.09. The average molecular weight is 463 g/mol. The minimum atomic E-state index is 0. The van der Waals surface area contributed by atoms with Gasteiger partial charge < -0.3 is 15.0 Å². The molecular weight excluding hydrogens is 433 g/mol. The van der Waals surface area contributed by atoms with Crippen LogP contribution >= 0.6 is 35.3 Å². The summed E-state index contributed by atoms with van der Waals surface area (Å²) in [6.07, 6.45) is 3.57. The maximum Gasteiger partial charge on any atom is 0.193 e. The molecule has 3 rings (SSSR count). The van der Waals surface area contributed by atoms with E-state index in [1.54, 1.807) is 0 Å². The lowest BCUT2D eigenvalue weighted by Crippen LogP contribution is -2.41. The van der Waals surface area contributed by atoms with Gasteiger partial charge in [-0.3, -0.25) is 4.99 Å². The summed E-state index contributed by atoms with van der Waals surface area (Å²) in [6, 6.07) is 4.35. The first-order valence-electron chi connectivity index (χ1n) is 8.84. The van der Waals surface area contributed by atoms with Gasteiger partial charge >= 0.3 is 0 Å². The molecule has 2 atom stereocenters. The Morgan fingerprint density at radius 2 is 2.38 bits per heavy atom. The molecule has 6 heteroatoms. The molecule has 2 fully saturated rings. The van der Waals surface area contributed by atoms with Crippen molar-refractivity contribution in [3.05, 3.63) is 22.4 Å². The zero-order chi connectivity index (χ0) is 16.1. The molecule has 0 aliphatic carbocycles. The number of thiophene rings is 1. The van der Waals surface area contributed by atoms with Gasteiger partial charge in [0, 0.05) is 43.1 Å². The SMILES string of the molecule is CCNC(=NCC(C)Cc1cccs1)N1CCC2(CCOC2)C1.I. The Kier molecular flexibility index (Phi) is 7.81. The summed E-state index contributed by atoms with van der Waals surface area (Å²) in [7, 11) is 0. The van der Waals surface area contributed by atoms with Crippen molar-refractivity contribution in [2.75, 3.05) is 39.4 Å². The lowest BCUT2D eigenvalue weighted by molar-refractivity contribution is 0.156. The lowest BCUT2D eigenvalue weighted by Gasteiger charge is -2.25. The van der Waals surface area contributed by atoms with Crippen LogP contribution in [0.2, 0.25) is 0 Å². The largest absolute Gasteiger partial charge is 0.381 e. The molecule has 1 aromatic rings. The maximum absolute atomic E-state index is 5.64. The highest BCUT2D eigenvalue weighted by atomic mass is 127. The van der Waals surface area contributed by atoms with Crippen LogP contribution < -0.4 is 5.32 Å². The van der Waals surface area contributed by atoms with Gasteiger partial charge in [0.15, 0.2) is 5.96 Å². The molecule has 0 amide bonds. The van der Waals surface area contributed by atoms with Crippen molar-refractivity contribution in [1.82, 2.24) is 10.2 Å². The Morgan fingerprint density at radius 1 is 1.50 bits per heavy atom. The Hall–Kier alpha value is -0.340. The van der Waals surface area contributed by atoms with Crippen LogP contribution in [0.1, 0.15) is 31.6 Å². The number of rotatable bonds is 5. The van der Waals surface area contributed by atoms with Gasteiger partial charge in [0.05, 0.1) is 6.61 Å². The summed E-state index contributed by atoms with van der Waals surface area (Å²) >= 11 is 1.85. The number of nitrogens with one attached hydrogen (secondary N) is 1. The maximum atomic E-state index is 5.64. The van der Waals surface area contributed by atoms with Gasteiger partial charge in [0.25, 0.3) is 0 Å². The van der Waals surface area contributed by atoms with Gasteiger partial charge in [0.1, 0.15) is 0 Å². The summed E-state index contributed by atoms with van der Waals surface area (Å²) in [5, 5.41) is 5.64. The summed E-state index contributed by atoms with van der Waals surface area (Å²) in [6.45, 7) is 10.3. The second kappa shape index (κ2) is 9.38. The summed E-state index contributed by atoms with van der Waals surface area (Å²) in [4.78, 5) is 8.83. The van der Waals surface area contributed by atoms with E-state index < -0.39 is 0 Å².